The molecule has 2 unspecified atom stereocenters. The molecule has 1 N–H and O–H groups in total. The van der Waals surface area contributed by atoms with Crippen LogP contribution in [0.25, 0.3) is 0 Å². The van der Waals surface area contributed by atoms with Gasteiger partial charge in [-0.15, -0.1) is 0 Å². The lowest BCUT2D eigenvalue weighted by atomic mass is 10.0. The Morgan fingerprint density at radius 1 is 0.842 bits per heavy atom. The van der Waals surface area contributed by atoms with Gasteiger partial charge in [-0.05, 0) is 12.8 Å². The number of hydrogen-bond donors (Lipinski definition) is 1. The summed E-state index contributed by atoms with van der Waals surface area (Å²) >= 11 is 0. The second kappa shape index (κ2) is 14.6. The van der Waals surface area contributed by atoms with Crippen molar-refractivity contribution >= 4 is 8.25 Å². The molecule has 4 heteroatoms. The zero-order valence-corrected chi connectivity index (χ0v) is 13.8. The van der Waals surface area contributed by atoms with Crippen LogP contribution in [0.5, 0.6) is 0 Å². The van der Waals surface area contributed by atoms with Crippen LogP contribution >= 0.6 is 8.25 Å². The second-order valence-corrected chi connectivity index (χ2v) is 6.18. The molecule has 0 spiro atoms. The first kappa shape index (κ1) is 19.1. The maximum absolute atomic E-state index is 10.7. The molecule has 0 saturated carbocycles. The van der Waals surface area contributed by atoms with Crippen LogP contribution in [-0.4, -0.2) is 11.0 Å². The van der Waals surface area contributed by atoms with E-state index < -0.39 is 8.25 Å². The molecule has 3 nitrogen and oxygen atoms in total. The summed E-state index contributed by atoms with van der Waals surface area (Å²) in [7, 11) is -2.76. The topological polar surface area (TPSA) is 46.5 Å². The first-order valence-electron chi connectivity index (χ1n) is 8.10. The highest BCUT2D eigenvalue weighted by Crippen LogP contribution is 2.24. The van der Waals surface area contributed by atoms with E-state index in [9.17, 15) is 4.57 Å². The molecule has 116 valence electrons. The highest BCUT2D eigenvalue weighted by Gasteiger charge is 2.09. The smallest absolute Gasteiger partial charge is 0.316 e. The molecular formula is C15H33O3P. The second-order valence-electron chi connectivity index (χ2n) is 5.41. The van der Waals surface area contributed by atoms with Crippen molar-refractivity contribution in [2.75, 3.05) is 0 Å². The number of rotatable bonds is 14. The molecule has 0 heterocycles. The van der Waals surface area contributed by atoms with Crippen molar-refractivity contribution in [3.05, 3.63) is 0 Å². The van der Waals surface area contributed by atoms with Crippen molar-refractivity contribution in [2.24, 2.45) is 0 Å². The SMILES string of the molecule is CCCCCCCCCCCC(CCC)O[PH](=O)O. The van der Waals surface area contributed by atoms with Gasteiger partial charge in [0.1, 0.15) is 0 Å². The van der Waals surface area contributed by atoms with Gasteiger partial charge in [0.05, 0.1) is 6.10 Å². The van der Waals surface area contributed by atoms with Crippen LogP contribution in [0.15, 0.2) is 0 Å². The summed E-state index contributed by atoms with van der Waals surface area (Å²) in [6.07, 6.45) is 14.6. The number of hydrogen-bond acceptors (Lipinski definition) is 2. The zero-order valence-electron chi connectivity index (χ0n) is 12.8. The Labute approximate surface area is 120 Å². The lowest BCUT2D eigenvalue weighted by Gasteiger charge is -2.14. The van der Waals surface area contributed by atoms with E-state index in [1.165, 1.54) is 51.4 Å². The minimum atomic E-state index is -2.76. The Bertz CT molecular complexity index is 210. The first-order valence-corrected chi connectivity index (χ1v) is 9.36. The molecule has 0 rings (SSSR count). The molecule has 0 fully saturated rings. The van der Waals surface area contributed by atoms with Crippen LogP contribution in [0.3, 0.4) is 0 Å². The van der Waals surface area contributed by atoms with Gasteiger partial charge >= 0.3 is 8.25 Å². The third-order valence-electron chi connectivity index (χ3n) is 3.51. The van der Waals surface area contributed by atoms with E-state index in [-0.39, 0.29) is 6.10 Å². The number of unbranched alkanes of at least 4 members (excludes halogenated alkanes) is 8. The van der Waals surface area contributed by atoms with E-state index in [0.29, 0.717) is 0 Å². The highest BCUT2D eigenvalue weighted by molar-refractivity contribution is 7.32. The summed E-state index contributed by atoms with van der Waals surface area (Å²) in [4.78, 5) is 8.82. The molecule has 19 heavy (non-hydrogen) atoms. The molecule has 0 amide bonds. The van der Waals surface area contributed by atoms with E-state index >= 15 is 0 Å². The lowest BCUT2D eigenvalue weighted by molar-refractivity contribution is 0.165. The van der Waals surface area contributed by atoms with Crippen LogP contribution in [0.4, 0.5) is 0 Å². The Morgan fingerprint density at radius 3 is 1.84 bits per heavy atom. The monoisotopic (exact) mass is 292 g/mol. The Kier molecular flexibility index (Phi) is 14.7. The molecule has 0 aromatic rings. The van der Waals surface area contributed by atoms with Gasteiger partial charge in [0.15, 0.2) is 0 Å². The quantitative estimate of drug-likeness (QED) is 0.341. The maximum atomic E-state index is 10.7. The van der Waals surface area contributed by atoms with Crippen molar-refractivity contribution in [3.8, 4) is 0 Å². The van der Waals surface area contributed by atoms with Gasteiger partial charge in [0.2, 0.25) is 0 Å². The molecular weight excluding hydrogens is 259 g/mol. The average Bonchev–Trinajstić information content (AvgIpc) is 2.36. The minimum Gasteiger partial charge on any atom is -0.326 e. The fourth-order valence-corrected chi connectivity index (χ4v) is 2.93. The summed E-state index contributed by atoms with van der Waals surface area (Å²) in [5.74, 6) is 0. The fraction of sp³-hybridized carbons (Fsp3) is 1.00. The first-order chi connectivity index (χ1) is 9.20. The van der Waals surface area contributed by atoms with Gasteiger partial charge in [0.25, 0.3) is 0 Å². The summed E-state index contributed by atoms with van der Waals surface area (Å²) in [5, 5.41) is 0. The van der Waals surface area contributed by atoms with Crippen molar-refractivity contribution in [3.63, 3.8) is 0 Å². The van der Waals surface area contributed by atoms with Crippen LogP contribution in [0.1, 0.15) is 90.9 Å². The summed E-state index contributed by atoms with van der Waals surface area (Å²) in [6.45, 7) is 4.33. The molecule has 0 aromatic heterocycles. The average molecular weight is 292 g/mol. The molecule has 0 aliphatic rings. The van der Waals surface area contributed by atoms with Crippen LogP contribution < -0.4 is 0 Å². The van der Waals surface area contributed by atoms with Crippen molar-refractivity contribution in [1.29, 1.82) is 0 Å². The molecule has 0 saturated heterocycles. The molecule has 0 aliphatic carbocycles. The summed E-state index contributed by atoms with van der Waals surface area (Å²) < 4.78 is 15.8. The van der Waals surface area contributed by atoms with Crippen molar-refractivity contribution in [2.45, 2.75) is 97.0 Å². The van der Waals surface area contributed by atoms with E-state index in [1.54, 1.807) is 0 Å². The van der Waals surface area contributed by atoms with E-state index in [2.05, 4.69) is 13.8 Å². The molecule has 0 bridgehead atoms. The minimum absolute atomic E-state index is 0.00839. The zero-order chi connectivity index (χ0) is 14.3. The van der Waals surface area contributed by atoms with Gasteiger partial charge < -0.3 is 9.42 Å². The third-order valence-corrected chi connectivity index (χ3v) is 4.04. The standard InChI is InChI=1S/C15H33O3P/c1-3-5-6-7-8-9-10-11-12-14-15(13-4-2)18-19(16)17/h15,19H,3-14H2,1-2H3,(H,16,17). The molecule has 0 aliphatic heterocycles. The van der Waals surface area contributed by atoms with E-state index in [1.807, 2.05) is 0 Å². The predicted molar refractivity (Wildman–Crippen MR) is 82.8 cm³/mol. The van der Waals surface area contributed by atoms with Gasteiger partial charge in [-0.3, -0.25) is 4.57 Å². The largest absolute Gasteiger partial charge is 0.326 e. The summed E-state index contributed by atoms with van der Waals surface area (Å²) in [5.41, 5.74) is 0. The maximum Gasteiger partial charge on any atom is 0.316 e. The molecule has 0 radical (unpaired) electrons. The van der Waals surface area contributed by atoms with Gasteiger partial charge in [-0.2, -0.15) is 0 Å². The van der Waals surface area contributed by atoms with Crippen LogP contribution in [-0.2, 0) is 9.09 Å². The van der Waals surface area contributed by atoms with Gasteiger partial charge in [-0.1, -0.05) is 78.1 Å². The van der Waals surface area contributed by atoms with Gasteiger partial charge in [0, 0.05) is 0 Å². The predicted octanol–water partition coefficient (Wildman–Crippen LogP) is 5.47. The van der Waals surface area contributed by atoms with E-state index in [4.69, 9.17) is 9.42 Å². The lowest BCUT2D eigenvalue weighted by Crippen LogP contribution is -2.08. The summed E-state index contributed by atoms with van der Waals surface area (Å²) in [6, 6.07) is 0. The van der Waals surface area contributed by atoms with Crippen LogP contribution in [0, 0.1) is 0 Å². The van der Waals surface area contributed by atoms with Crippen molar-refractivity contribution < 1.29 is 14.0 Å². The van der Waals surface area contributed by atoms with E-state index in [0.717, 1.165) is 25.7 Å². The van der Waals surface area contributed by atoms with Crippen LogP contribution in [0.2, 0.25) is 0 Å². The Morgan fingerprint density at radius 2 is 1.37 bits per heavy atom. The molecule has 2 atom stereocenters. The highest BCUT2D eigenvalue weighted by atomic mass is 31.1. The molecule has 0 aromatic carbocycles. The van der Waals surface area contributed by atoms with Crippen molar-refractivity contribution in [1.82, 2.24) is 0 Å². The Hall–Kier alpha value is 0.150. The Balaban J connectivity index is 3.36. The normalized spacial score (nSPS) is 14.5. The fourth-order valence-electron chi connectivity index (χ4n) is 2.41. The van der Waals surface area contributed by atoms with Gasteiger partial charge in [-0.25, -0.2) is 0 Å². The third kappa shape index (κ3) is 14.4.